The van der Waals surface area contributed by atoms with Crippen LogP contribution in [0.2, 0.25) is 0 Å². The predicted molar refractivity (Wildman–Crippen MR) is 146 cm³/mol. The molecule has 4 bridgehead atoms. The van der Waals surface area contributed by atoms with E-state index in [0.717, 1.165) is 32.1 Å². The molecule has 4 aliphatic rings. The van der Waals surface area contributed by atoms with Crippen LogP contribution >= 0.6 is 0 Å². The third-order valence-electron chi connectivity index (χ3n) is 8.81. The molecule has 0 spiro atoms. The van der Waals surface area contributed by atoms with Gasteiger partial charge in [-0.3, -0.25) is 0 Å². The molecule has 0 unspecified atom stereocenters. The molecule has 2 aromatic rings. The Morgan fingerprint density at radius 3 is 1.29 bits per heavy atom. The van der Waals surface area contributed by atoms with Crippen LogP contribution < -0.4 is 28.4 Å². The van der Waals surface area contributed by atoms with Gasteiger partial charge in [-0.15, -0.1) is 12.8 Å². The number of benzene rings is 2. The Bertz CT molecular complexity index is 1120. The molecule has 4 saturated carbocycles. The van der Waals surface area contributed by atoms with Crippen LogP contribution in [0, 0.1) is 36.5 Å². The molecule has 2 aromatic carbocycles. The van der Waals surface area contributed by atoms with E-state index >= 15 is 0 Å². The lowest BCUT2D eigenvalue weighted by molar-refractivity contribution is -0.0284. The van der Waals surface area contributed by atoms with E-state index < -0.39 is 0 Å². The molecule has 0 heterocycles. The molecule has 6 nitrogen and oxygen atoms in total. The molecule has 0 radical (unpaired) electrons. The first-order chi connectivity index (χ1) is 18.4. The normalized spacial score (nSPS) is 26.7. The molecule has 0 atom stereocenters. The number of hydrogen-bond acceptors (Lipinski definition) is 6. The van der Waals surface area contributed by atoms with Crippen LogP contribution in [-0.2, 0) is 10.8 Å². The van der Waals surface area contributed by atoms with Gasteiger partial charge in [0.05, 0.1) is 28.4 Å². The van der Waals surface area contributed by atoms with Gasteiger partial charge >= 0.3 is 0 Å². The molecule has 0 amide bonds. The summed E-state index contributed by atoms with van der Waals surface area (Å²) in [5.74, 6) is 10.0. The number of methoxy groups -OCH3 is 4. The van der Waals surface area contributed by atoms with E-state index in [1.54, 1.807) is 28.4 Å². The molecule has 6 rings (SSSR count). The molecule has 6 heteroatoms. The van der Waals surface area contributed by atoms with Gasteiger partial charge in [0.25, 0.3) is 0 Å². The second-order valence-electron chi connectivity index (χ2n) is 10.9. The van der Waals surface area contributed by atoms with Gasteiger partial charge in [0.15, 0.2) is 23.0 Å². The van der Waals surface area contributed by atoms with Crippen molar-refractivity contribution in [2.24, 2.45) is 11.8 Å². The average molecular weight is 517 g/mol. The lowest BCUT2D eigenvalue weighted by Gasteiger charge is -2.62. The van der Waals surface area contributed by atoms with E-state index in [-0.39, 0.29) is 24.0 Å². The minimum Gasteiger partial charge on any atom is -0.493 e. The van der Waals surface area contributed by atoms with Crippen molar-refractivity contribution >= 4 is 0 Å². The zero-order valence-corrected chi connectivity index (χ0v) is 22.7. The van der Waals surface area contributed by atoms with Crippen LogP contribution in [0.25, 0.3) is 0 Å². The van der Waals surface area contributed by atoms with Crippen LogP contribution in [0.3, 0.4) is 0 Å². The van der Waals surface area contributed by atoms with Gasteiger partial charge in [0.1, 0.15) is 13.2 Å². The number of ether oxygens (including phenoxy) is 6. The summed E-state index contributed by atoms with van der Waals surface area (Å²) in [4.78, 5) is 0. The Kier molecular flexibility index (Phi) is 7.01. The fourth-order valence-corrected chi connectivity index (χ4v) is 7.82. The molecule has 4 fully saturated rings. The molecule has 0 N–H and O–H groups in total. The SMILES string of the molecule is C#CCOc1c(OC)cc(C23CC4CC(C2)CC(c2cc(OC)c(OCC#C)c(OC)c2)(C4)C3)cc1OC. The molecule has 200 valence electrons. The largest absolute Gasteiger partial charge is 0.493 e. The maximum absolute atomic E-state index is 5.81. The summed E-state index contributed by atoms with van der Waals surface area (Å²) in [6.07, 6.45) is 17.8. The topological polar surface area (TPSA) is 55.4 Å². The first-order valence-corrected chi connectivity index (χ1v) is 13.1. The Morgan fingerprint density at radius 2 is 1.00 bits per heavy atom. The fraction of sp³-hybridized carbons (Fsp3) is 0.500. The summed E-state index contributed by atoms with van der Waals surface area (Å²) in [5.41, 5.74) is 2.50. The van der Waals surface area contributed by atoms with Gasteiger partial charge in [0, 0.05) is 0 Å². The molecule has 0 aliphatic heterocycles. The lowest BCUT2D eigenvalue weighted by atomic mass is 9.41. The molecular formula is C32H36O6. The molecular weight excluding hydrogens is 480 g/mol. The van der Waals surface area contributed by atoms with Gasteiger partial charge in [-0.1, -0.05) is 11.8 Å². The van der Waals surface area contributed by atoms with Crippen molar-refractivity contribution < 1.29 is 28.4 Å². The maximum Gasteiger partial charge on any atom is 0.204 e. The van der Waals surface area contributed by atoms with E-state index in [1.165, 1.54) is 17.5 Å². The highest BCUT2D eigenvalue weighted by atomic mass is 16.5. The zero-order valence-electron chi connectivity index (χ0n) is 22.7. The second-order valence-corrected chi connectivity index (χ2v) is 10.9. The van der Waals surface area contributed by atoms with Crippen molar-refractivity contribution in [3.8, 4) is 59.2 Å². The Balaban J connectivity index is 1.59. The highest BCUT2D eigenvalue weighted by Crippen LogP contribution is 2.67. The molecule has 4 aliphatic carbocycles. The van der Waals surface area contributed by atoms with Crippen LogP contribution in [0.4, 0.5) is 0 Å². The van der Waals surface area contributed by atoms with Crippen molar-refractivity contribution in [2.45, 2.75) is 49.4 Å². The minimum absolute atomic E-state index is 0.00834. The maximum atomic E-state index is 5.81. The molecule has 0 saturated heterocycles. The summed E-state index contributed by atoms with van der Waals surface area (Å²) in [6.45, 7) is 0.296. The first-order valence-electron chi connectivity index (χ1n) is 13.1. The van der Waals surface area contributed by atoms with E-state index in [1.807, 2.05) is 0 Å². The van der Waals surface area contributed by atoms with E-state index in [0.29, 0.717) is 46.3 Å². The summed E-state index contributed by atoms with van der Waals surface area (Å²) < 4.78 is 34.7. The van der Waals surface area contributed by atoms with Crippen molar-refractivity contribution in [3.63, 3.8) is 0 Å². The van der Waals surface area contributed by atoms with Gasteiger partial charge in [-0.05, 0) is 96.6 Å². The molecule has 0 aromatic heterocycles. The third-order valence-corrected chi connectivity index (χ3v) is 8.81. The lowest BCUT2D eigenvalue weighted by Crippen LogP contribution is -2.55. The van der Waals surface area contributed by atoms with E-state index in [2.05, 4.69) is 36.1 Å². The Labute approximate surface area is 225 Å². The van der Waals surface area contributed by atoms with Gasteiger partial charge in [0.2, 0.25) is 11.5 Å². The van der Waals surface area contributed by atoms with Crippen LogP contribution in [0.1, 0.15) is 49.7 Å². The predicted octanol–water partition coefficient (Wildman–Crippen LogP) is 5.53. The zero-order chi connectivity index (χ0) is 26.9. The quantitative estimate of drug-likeness (QED) is 0.387. The molecule has 38 heavy (non-hydrogen) atoms. The van der Waals surface area contributed by atoms with Gasteiger partial charge in [-0.2, -0.15) is 0 Å². The smallest absolute Gasteiger partial charge is 0.204 e. The van der Waals surface area contributed by atoms with Gasteiger partial charge in [-0.25, -0.2) is 0 Å². The number of terminal acetylenes is 2. The summed E-state index contributed by atoms with van der Waals surface area (Å²) in [7, 11) is 6.63. The van der Waals surface area contributed by atoms with Crippen molar-refractivity contribution in [3.05, 3.63) is 35.4 Å². The first kappa shape index (κ1) is 26.0. The minimum atomic E-state index is 0.00834. The van der Waals surface area contributed by atoms with Crippen molar-refractivity contribution in [1.29, 1.82) is 0 Å². The van der Waals surface area contributed by atoms with Crippen LogP contribution in [0.5, 0.6) is 34.5 Å². The number of hydrogen-bond donors (Lipinski definition) is 0. The van der Waals surface area contributed by atoms with E-state index in [9.17, 15) is 0 Å². The summed E-state index contributed by atoms with van der Waals surface area (Å²) in [5, 5.41) is 0. The van der Waals surface area contributed by atoms with Crippen LogP contribution in [0.15, 0.2) is 24.3 Å². The second kappa shape index (κ2) is 10.3. The summed E-state index contributed by atoms with van der Waals surface area (Å²) >= 11 is 0. The standard InChI is InChI=1S/C32H36O6/c1-7-9-37-29-25(33-3)12-23(13-26(29)34-4)31-16-21-11-22(17-31)19-32(18-21,20-31)24-14-27(35-5)30(38-10-8-2)28(15-24)36-6/h1-2,12-15,21-22H,9-11,16-20H2,3-6H3. The third kappa shape index (κ3) is 4.27. The fourth-order valence-electron chi connectivity index (χ4n) is 7.82. The Morgan fingerprint density at radius 1 is 0.658 bits per heavy atom. The van der Waals surface area contributed by atoms with Gasteiger partial charge < -0.3 is 28.4 Å². The average Bonchev–Trinajstić information content (AvgIpc) is 2.93. The van der Waals surface area contributed by atoms with Crippen molar-refractivity contribution in [1.82, 2.24) is 0 Å². The van der Waals surface area contributed by atoms with Crippen LogP contribution in [-0.4, -0.2) is 41.7 Å². The Hall–Kier alpha value is -3.64. The highest BCUT2D eigenvalue weighted by Gasteiger charge is 2.59. The number of rotatable bonds is 10. The summed E-state index contributed by atoms with van der Waals surface area (Å²) in [6, 6.07) is 8.53. The monoisotopic (exact) mass is 516 g/mol. The van der Waals surface area contributed by atoms with E-state index in [4.69, 9.17) is 41.3 Å². The van der Waals surface area contributed by atoms with Crippen molar-refractivity contribution in [2.75, 3.05) is 41.7 Å². The highest BCUT2D eigenvalue weighted by molar-refractivity contribution is 5.58.